The van der Waals surface area contributed by atoms with Gasteiger partial charge in [0.2, 0.25) is 0 Å². The average molecular weight is 351 g/mol. The predicted octanol–water partition coefficient (Wildman–Crippen LogP) is 3.48. The number of halogens is 1. The van der Waals surface area contributed by atoms with Gasteiger partial charge in [0, 0.05) is 0 Å². The van der Waals surface area contributed by atoms with Crippen molar-refractivity contribution < 1.29 is 14.3 Å². The van der Waals surface area contributed by atoms with E-state index in [1.54, 1.807) is 36.4 Å². The number of nitrogens with one attached hydrogen (secondary N) is 2. The number of ether oxygens (including phenoxy) is 2. The van der Waals surface area contributed by atoms with Crippen LogP contribution in [0.2, 0.25) is 5.02 Å². The Morgan fingerprint density at radius 1 is 1.04 bits per heavy atom. The zero-order valence-electron chi connectivity index (χ0n) is 12.6. The number of thiocarbonyl (C=S) groups is 1. The highest BCUT2D eigenvalue weighted by molar-refractivity contribution is 7.80. The van der Waals surface area contributed by atoms with Crippen molar-refractivity contribution in [2.75, 3.05) is 19.5 Å². The first-order valence-corrected chi connectivity index (χ1v) is 7.43. The van der Waals surface area contributed by atoms with Crippen LogP contribution in [0, 0.1) is 0 Å². The molecule has 5 nitrogen and oxygen atoms in total. The molecule has 0 aromatic heterocycles. The summed E-state index contributed by atoms with van der Waals surface area (Å²) in [5.41, 5.74) is 0.868. The minimum Gasteiger partial charge on any atom is -0.496 e. The van der Waals surface area contributed by atoms with E-state index in [0.29, 0.717) is 22.2 Å². The zero-order valence-corrected chi connectivity index (χ0v) is 14.1. The lowest BCUT2D eigenvalue weighted by Crippen LogP contribution is -2.34. The van der Waals surface area contributed by atoms with Gasteiger partial charge in [-0.25, -0.2) is 0 Å². The normalized spacial score (nSPS) is 9.87. The summed E-state index contributed by atoms with van der Waals surface area (Å²) in [6.45, 7) is 0. The standard InChI is InChI=1S/C16H15ClN2O3S/c1-21-12-8-5-9-13(22-2)14(12)15(20)19-16(23)18-11-7-4-3-6-10(11)17/h3-9H,1-2H3,(H2,18,19,20,23). The molecule has 0 heterocycles. The van der Waals surface area contributed by atoms with Crippen molar-refractivity contribution >= 4 is 40.5 Å². The highest BCUT2D eigenvalue weighted by Crippen LogP contribution is 2.28. The maximum absolute atomic E-state index is 12.5. The summed E-state index contributed by atoms with van der Waals surface area (Å²) >= 11 is 11.2. The zero-order chi connectivity index (χ0) is 16.8. The monoisotopic (exact) mass is 350 g/mol. The Kier molecular flexibility index (Phi) is 5.78. The molecule has 0 bridgehead atoms. The van der Waals surface area contributed by atoms with Gasteiger partial charge in [-0.05, 0) is 36.5 Å². The molecular weight excluding hydrogens is 336 g/mol. The van der Waals surface area contributed by atoms with E-state index in [-0.39, 0.29) is 10.7 Å². The van der Waals surface area contributed by atoms with Crippen LogP contribution in [0.3, 0.4) is 0 Å². The molecular formula is C16H15ClN2O3S. The van der Waals surface area contributed by atoms with E-state index in [0.717, 1.165) is 0 Å². The lowest BCUT2D eigenvalue weighted by atomic mass is 10.1. The first kappa shape index (κ1) is 17.1. The third kappa shape index (κ3) is 4.12. The first-order valence-electron chi connectivity index (χ1n) is 6.64. The van der Waals surface area contributed by atoms with Gasteiger partial charge in [-0.1, -0.05) is 29.8 Å². The van der Waals surface area contributed by atoms with Gasteiger partial charge in [-0.15, -0.1) is 0 Å². The highest BCUT2D eigenvalue weighted by atomic mass is 35.5. The Balaban J connectivity index is 2.16. The lowest BCUT2D eigenvalue weighted by molar-refractivity contribution is 0.0971. The summed E-state index contributed by atoms with van der Waals surface area (Å²) in [7, 11) is 2.96. The van der Waals surface area contributed by atoms with Crippen molar-refractivity contribution in [1.29, 1.82) is 0 Å². The van der Waals surface area contributed by atoms with Gasteiger partial charge in [-0.3, -0.25) is 10.1 Å². The van der Waals surface area contributed by atoms with Crippen LogP contribution in [0.4, 0.5) is 5.69 Å². The van der Waals surface area contributed by atoms with Gasteiger partial charge in [0.25, 0.3) is 5.91 Å². The molecule has 2 rings (SSSR count). The number of hydrogen-bond donors (Lipinski definition) is 2. The molecule has 0 unspecified atom stereocenters. The van der Waals surface area contributed by atoms with Crippen LogP contribution in [-0.2, 0) is 0 Å². The molecule has 0 aliphatic heterocycles. The van der Waals surface area contributed by atoms with Gasteiger partial charge in [0.05, 0.1) is 24.9 Å². The fourth-order valence-electron chi connectivity index (χ4n) is 1.96. The van der Waals surface area contributed by atoms with E-state index in [1.807, 2.05) is 6.07 Å². The Morgan fingerprint density at radius 2 is 1.65 bits per heavy atom. The summed E-state index contributed by atoms with van der Waals surface area (Å²) in [6, 6.07) is 12.2. The Bertz CT molecular complexity index is 715. The van der Waals surface area contributed by atoms with E-state index in [9.17, 15) is 4.79 Å². The lowest BCUT2D eigenvalue weighted by Gasteiger charge is -2.14. The summed E-state index contributed by atoms with van der Waals surface area (Å²) < 4.78 is 10.4. The van der Waals surface area contributed by atoms with Crippen molar-refractivity contribution in [3.63, 3.8) is 0 Å². The number of rotatable bonds is 4. The third-order valence-corrected chi connectivity index (χ3v) is 3.54. The van der Waals surface area contributed by atoms with E-state index in [1.165, 1.54) is 14.2 Å². The molecule has 2 N–H and O–H groups in total. The number of para-hydroxylation sites is 1. The van der Waals surface area contributed by atoms with Crippen LogP contribution in [0.5, 0.6) is 11.5 Å². The SMILES string of the molecule is COc1cccc(OC)c1C(=O)NC(=S)Nc1ccccc1Cl. The van der Waals surface area contributed by atoms with Crippen molar-refractivity contribution in [1.82, 2.24) is 5.32 Å². The van der Waals surface area contributed by atoms with Crippen LogP contribution < -0.4 is 20.1 Å². The van der Waals surface area contributed by atoms with Gasteiger partial charge in [0.15, 0.2) is 5.11 Å². The molecule has 0 atom stereocenters. The number of amides is 1. The summed E-state index contributed by atoms with van der Waals surface area (Å²) in [4.78, 5) is 12.5. The molecule has 7 heteroatoms. The number of hydrogen-bond acceptors (Lipinski definition) is 4. The molecule has 1 amide bonds. The minimum absolute atomic E-state index is 0.121. The second-order valence-electron chi connectivity index (χ2n) is 4.43. The second-order valence-corrected chi connectivity index (χ2v) is 5.24. The fourth-order valence-corrected chi connectivity index (χ4v) is 2.34. The molecule has 0 aliphatic carbocycles. The maximum Gasteiger partial charge on any atom is 0.264 e. The fraction of sp³-hybridized carbons (Fsp3) is 0.125. The molecule has 0 saturated carbocycles. The quantitative estimate of drug-likeness (QED) is 0.827. The topological polar surface area (TPSA) is 59.6 Å². The smallest absolute Gasteiger partial charge is 0.264 e. The predicted molar refractivity (Wildman–Crippen MR) is 94.7 cm³/mol. The van der Waals surface area contributed by atoms with Gasteiger partial charge >= 0.3 is 0 Å². The molecule has 0 spiro atoms. The van der Waals surface area contributed by atoms with Gasteiger partial charge in [-0.2, -0.15) is 0 Å². The molecule has 120 valence electrons. The summed E-state index contributed by atoms with van der Waals surface area (Å²) in [6.07, 6.45) is 0. The van der Waals surface area contributed by atoms with Crippen molar-refractivity contribution in [2.24, 2.45) is 0 Å². The summed E-state index contributed by atoms with van der Waals surface area (Å²) in [5, 5.41) is 6.08. The van der Waals surface area contributed by atoms with E-state index < -0.39 is 5.91 Å². The maximum atomic E-state index is 12.5. The van der Waals surface area contributed by atoms with Crippen molar-refractivity contribution in [3.05, 3.63) is 53.1 Å². The van der Waals surface area contributed by atoms with Crippen LogP contribution in [-0.4, -0.2) is 25.2 Å². The molecule has 0 saturated heterocycles. The number of anilines is 1. The molecule has 0 fully saturated rings. The molecule has 23 heavy (non-hydrogen) atoms. The van der Waals surface area contributed by atoms with E-state index >= 15 is 0 Å². The number of carbonyl (C=O) groups is 1. The highest BCUT2D eigenvalue weighted by Gasteiger charge is 2.19. The second kappa shape index (κ2) is 7.80. The minimum atomic E-state index is -0.441. The number of methoxy groups -OCH3 is 2. The molecule has 2 aromatic rings. The largest absolute Gasteiger partial charge is 0.496 e. The van der Waals surface area contributed by atoms with Gasteiger partial charge in [0.1, 0.15) is 17.1 Å². The van der Waals surface area contributed by atoms with Crippen LogP contribution in [0.25, 0.3) is 0 Å². The molecule has 0 radical (unpaired) electrons. The Hall–Kier alpha value is -2.31. The number of carbonyl (C=O) groups excluding carboxylic acids is 1. The number of benzene rings is 2. The summed E-state index contributed by atoms with van der Waals surface area (Å²) in [5.74, 6) is 0.341. The van der Waals surface area contributed by atoms with Gasteiger partial charge < -0.3 is 14.8 Å². The average Bonchev–Trinajstić information content (AvgIpc) is 2.55. The van der Waals surface area contributed by atoms with Crippen molar-refractivity contribution in [3.8, 4) is 11.5 Å². The van der Waals surface area contributed by atoms with E-state index in [4.69, 9.17) is 33.3 Å². The first-order chi connectivity index (χ1) is 11.1. The van der Waals surface area contributed by atoms with Crippen LogP contribution >= 0.6 is 23.8 Å². The molecule has 0 aliphatic rings. The van der Waals surface area contributed by atoms with Crippen molar-refractivity contribution in [2.45, 2.75) is 0 Å². The van der Waals surface area contributed by atoms with Crippen LogP contribution in [0.1, 0.15) is 10.4 Å². The Morgan fingerprint density at radius 3 is 2.22 bits per heavy atom. The molecule has 2 aromatic carbocycles. The van der Waals surface area contributed by atoms with E-state index in [2.05, 4.69) is 10.6 Å². The van der Waals surface area contributed by atoms with Crippen LogP contribution in [0.15, 0.2) is 42.5 Å². The third-order valence-electron chi connectivity index (χ3n) is 3.00. The Labute approximate surface area is 144 Å².